The van der Waals surface area contributed by atoms with Crippen molar-refractivity contribution in [2.45, 2.75) is 57.5 Å². The Morgan fingerprint density at radius 2 is 1.79 bits per heavy atom. The molecule has 1 saturated carbocycles. The maximum absolute atomic E-state index is 11.9. The molecule has 1 aliphatic rings. The zero-order chi connectivity index (χ0) is 13.8. The van der Waals surface area contributed by atoms with E-state index in [4.69, 9.17) is 5.73 Å². The van der Waals surface area contributed by atoms with Gasteiger partial charge in [0.05, 0.1) is 6.04 Å². The van der Waals surface area contributed by atoms with Crippen LogP contribution in [-0.2, 0) is 4.79 Å². The van der Waals surface area contributed by atoms with Gasteiger partial charge in [-0.05, 0) is 32.9 Å². The van der Waals surface area contributed by atoms with Gasteiger partial charge in [0.25, 0.3) is 0 Å². The summed E-state index contributed by atoms with van der Waals surface area (Å²) in [6, 6.07) is -0.396. The van der Waals surface area contributed by atoms with Gasteiger partial charge in [0, 0.05) is 12.1 Å². The fourth-order valence-electron chi connectivity index (χ4n) is 2.66. The van der Waals surface area contributed by atoms with Crippen molar-refractivity contribution in [3.05, 3.63) is 0 Å². The Morgan fingerprint density at radius 1 is 1.26 bits per heavy atom. The topological polar surface area (TPSA) is 58.4 Å². The molecule has 1 aliphatic carbocycles. The van der Waals surface area contributed by atoms with Crippen molar-refractivity contribution in [3.8, 4) is 0 Å². The molecule has 3 N–H and O–H groups in total. The minimum Gasteiger partial charge on any atom is -0.353 e. The summed E-state index contributed by atoms with van der Waals surface area (Å²) in [5.41, 5.74) is 6.00. The molecule has 1 fully saturated rings. The Labute approximate surface area is 123 Å². The van der Waals surface area contributed by atoms with Crippen molar-refractivity contribution in [2.24, 2.45) is 11.7 Å². The number of hydrogen-bond acceptors (Lipinski definition) is 3. The number of nitrogens with zero attached hydrogens (tertiary/aromatic N) is 1. The van der Waals surface area contributed by atoms with E-state index in [0.717, 1.165) is 19.4 Å². The second-order valence-electron chi connectivity index (χ2n) is 6.17. The molecular formula is C14H30ClN3O. The van der Waals surface area contributed by atoms with Crippen LogP contribution in [0, 0.1) is 5.92 Å². The number of halogens is 1. The molecule has 1 amide bonds. The largest absolute Gasteiger partial charge is 0.353 e. The lowest BCUT2D eigenvalue weighted by molar-refractivity contribution is -0.124. The molecule has 1 rings (SSSR count). The van der Waals surface area contributed by atoms with Gasteiger partial charge < -0.3 is 16.0 Å². The van der Waals surface area contributed by atoms with E-state index in [9.17, 15) is 4.79 Å². The maximum Gasteiger partial charge on any atom is 0.237 e. The molecule has 114 valence electrons. The van der Waals surface area contributed by atoms with Crippen LogP contribution < -0.4 is 11.1 Å². The Bertz CT molecular complexity index is 276. The van der Waals surface area contributed by atoms with Gasteiger partial charge >= 0.3 is 0 Å². The molecule has 1 atom stereocenters. The van der Waals surface area contributed by atoms with E-state index in [1.54, 1.807) is 0 Å². The fourth-order valence-corrected chi connectivity index (χ4v) is 2.66. The van der Waals surface area contributed by atoms with Crippen molar-refractivity contribution in [3.63, 3.8) is 0 Å². The van der Waals surface area contributed by atoms with Gasteiger partial charge in [-0.3, -0.25) is 4.79 Å². The van der Waals surface area contributed by atoms with Crippen LogP contribution in [0.3, 0.4) is 0 Å². The number of nitrogens with two attached hydrogens (primary N) is 1. The average molecular weight is 292 g/mol. The first-order valence-corrected chi connectivity index (χ1v) is 7.10. The lowest BCUT2D eigenvalue weighted by Gasteiger charge is -2.43. The maximum atomic E-state index is 11.9. The first-order valence-electron chi connectivity index (χ1n) is 7.10. The summed E-state index contributed by atoms with van der Waals surface area (Å²) in [7, 11) is 4.22. The van der Waals surface area contributed by atoms with E-state index >= 15 is 0 Å². The number of amides is 1. The summed E-state index contributed by atoms with van der Waals surface area (Å²) in [4.78, 5) is 14.2. The monoisotopic (exact) mass is 291 g/mol. The van der Waals surface area contributed by atoms with Gasteiger partial charge in [-0.25, -0.2) is 0 Å². The second-order valence-corrected chi connectivity index (χ2v) is 6.17. The molecule has 5 heteroatoms. The molecule has 19 heavy (non-hydrogen) atoms. The number of nitrogens with one attached hydrogen (secondary N) is 1. The van der Waals surface area contributed by atoms with Crippen LogP contribution in [-0.4, -0.2) is 43.0 Å². The number of carbonyl (C=O) groups is 1. The SMILES string of the molecule is CC(C)[C@H](N)C(=O)NCC1(N(C)C)CCCCC1.Cl. The Morgan fingerprint density at radius 3 is 2.21 bits per heavy atom. The Hall–Kier alpha value is -0.320. The lowest BCUT2D eigenvalue weighted by Crippen LogP contribution is -2.56. The molecule has 0 spiro atoms. The third-order valence-corrected chi connectivity index (χ3v) is 4.35. The average Bonchev–Trinajstić information content (AvgIpc) is 2.35. The third kappa shape index (κ3) is 4.93. The van der Waals surface area contributed by atoms with E-state index in [1.165, 1.54) is 19.3 Å². The number of hydrogen-bond donors (Lipinski definition) is 2. The standard InChI is InChI=1S/C14H29N3O.ClH/c1-11(2)12(15)13(18)16-10-14(17(3)4)8-6-5-7-9-14;/h11-12H,5-10,15H2,1-4H3,(H,16,18);1H/t12-;/m0./s1. The molecule has 0 aliphatic heterocycles. The summed E-state index contributed by atoms with van der Waals surface area (Å²) >= 11 is 0. The molecule has 0 aromatic heterocycles. The van der Waals surface area contributed by atoms with Gasteiger partial charge in [-0.1, -0.05) is 33.1 Å². The quantitative estimate of drug-likeness (QED) is 0.812. The summed E-state index contributed by atoms with van der Waals surface area (Å²) < 4.78 is 0. The van der Waals surface area contributed by atoms with Crippen LogP contribution in [0.2, 0.25) is 0 Å². The predicted molar refractivity (Wildman–Crippen MR) is 82.6 cm³/mol. The van der Waals surface area contributed by atoms with E-state index in [2.05, 4.69) is 24.3 Å². The highest BCUT2D eigenvalue weighted by molar-refractivity contribution is 5.85. The normalized spacial score (nSPS) is 19.9. The molecular weight excluding hydrogens is 262 g/mol. The number of carbonyl (C=O) groups excluding carboxylic acids is 1. The Kier molecular flexibility index (Phi) is 7.94. The highest BCUT2D eigenvalue weighted by Crippen LogP contribution is 2.31. The molecule has 0 heterocycles. The summed E-state index contributed by atoms with van der Waals surface area (Å²) in [5, 5.41) is 3.05. The van der Waals surface area contributed by atoms with Gasteiger partial charge in [0.15, 0.2) is 0 Å². The van der Waals surface area contributed by atoms with Crippen LogP contribution in [0.5, 0.6) is 0 Å². The molecule has 0 radical (unpaired) electrons. The van der Waals surface area contributed by atoms with Crippen LogP contribution in [0.15, 0.2) is 0 Å². The Balaban J connectivity index is 0.00000324. The van der Waals surface area contributed by atoms with Gasteiger partial charge in [-0.15, -0.1) is 12.4 Å². The van der Waals surface area contributed by atoms with Crippen molar-refractivity contribution in [1.29, 1.82) is 0 Å². The highest BCUT2D eigenvalue weighted by Gasteiger charge is 2.34. The minimum atomic E-state index is -0.396. The van der Waals surface area contributed by atoms with Crippen LogP contribution in [0.1, 0.15) is 46.0 Å². The van der Waals surface area contributed by atoms with Crippen LogP contribution >= 0.6 is 12.4 Å². The minimum absolute atomic E-state index is 0. The van der Waals surface area contributed by atoms with Crippen molar-refractivity contribution in [1.82, 2.24) is 10.2 Å². The van der Waals surface area contributed by atoms with E-state index in [1.807, 2.05) is 13.8 Å². The second kappa shape index (κ2) is 8.08. The first kappa shape index (κ1) is 18.7. The van der Waals surface area contributed by atoms with E-state index < -0.39 is 6.04 Å². The van der Waals surface area contributed by atoms with Crippen LogP contribution in [0.25, 0.3) is 0 Å². The first-order chi connectivity index (χ1) is 8.39. The molecule has 0 saturated heterocycles. The third-order valence-electron chi connectivity index (χ3n) is 4.35. The van der Waals surface area contributed by atoms with Gasteiger partial charge in [-0.2, -0.15) is 0 Å². The summed E-state index contributed by atoms with van der Waals surface area (Å²) in [6.45, 7) is 4.68. The molecule has 0 bridgehead atoms. The van der Waals surface area contributed by atoms with Crippen molar-refractivity contribution < 1.29 is 4.79 Å². The zero-order valence-electron chi connectivity index (χ0n) is 12.7. The molecule has 0 aromatic carbocycles. The van der Waals surface area contributed by atoms with E-state index in [0.29, 0.717) is 0 Å². The molecule has 0 aromatic rings. The number of likely N-dealkylation sites (N-methyl/N-ethyl adjacent to an activating group) is 1. The summed E-state index contributed by atoms with van der Waals surface area (Å²) in [5.74, 6) is 0.170. The summed E-state index contributed by atoms with van der Waals surface area (Å²) in [6.07, 6.45) is 6.15. The van der Waals surface area contributed by atoms with Crippen LogP contribution in [0.4, 0.5) is 0 Å². The van der Waals surface area contributed by atoms with Crippen molar-refractivity contribution >= 4 is 18.3 Å². The van der Waals surface area contributed by atoms with E-state index in [-0.39, 0.29) is 29.8 Å². The lowest BCUT2D eigenvalue weighted by atomic mass is 9.80. The van der Waals surface area contributed by atoms with Gasteiger partial charge in [0.2, 0.25) is 5.91 Å². The smallest absolute Gasteiger partial charge is 0.237 e. The number of rotatable bonds is 5. The molecule has 0 unspecified atom stereocenters. The fraction of sp³-hybridized carbons (Fsp3) is 0.929. The molecule has 4 nitrogen and oxygen atoms in total. The predicted octanol–water partition coefficient (Wildman–Crippen LogP) is 1.77. The van der Waals surface area contributed by atoms with Crippen molar-refractivity contribution in [2.75, 3.05) is 20.6 Å². The highest BCUT2D eigenvalue weighted by atomic mass is 35.5. The van der Waals surface area contributed by atoms with Gasteiger partial charge in [0.1, 0.15) is 0 Å². The zero-order valence-corrected chi connectivity index (χ0v) is 13.6.